The maximum absolute atomic E-state index is 11.6. The molecule has 2 rings (SSSR count). The van der Waals surface area contributed by atoms with Gasteiger partial charge in [-0.25, -0.2) is 0 Å². The number of nitrogens with zero attached hydrogens (tertiary/aromatic N) is 3. The molecule has 0 radical (unpaired) electrons. The van der Waals surface area contributed by atoms with Gasteiger partial charge in [-0.1, -0.05) is 18.2 Å². The number of carbonyl (C=O) groups is 1. The number of thioether (sulfide) groups is 1. The van der Waals surface area contributed by atoms with Crippen LogP contribution in [0.3, 0.4) is 0 Å². The third kappa shape index (κ3) is 4.60. The molecule has 0 fully saturated rings. The Hall–Kier alpha value is -1.80. The van der Waals surface area contributed by atoms with E-state index in [0.717, 1.165) is 34.6 Å². The van der Waals surface area contributed by atoms with Crippen LogP contribution >= 0.6 is 23.3 Å². The van der Waals surface area contributed by atoms with Gasteiger partial charge in [-0.3, -0.25) is 4.79 Å². The Morgan fingerprint density at radius 2 is 2.09 bits per heavy atom. The Morgan fingerprint density at radius 1 is 1.32 bits per heavy atom. The number of para-hydroxylation sites is 1. The average Bonchev–Trinajstić information content (AvgIpc) is 2.94. The summed E-state index contributed by atoms with van der Waals surface area (Å²) in [6, 6.07) is 7.69. The maximum Gasteiger partial charge on any atom is 0.294 e. The molecule has 0 spiro atoms. The van der Waals surface area contributed by atoms with Crippen molar-refractivity contribution in [2.45, 2.75) is 18.7 Å². The molecule has 118 valence electrons. The van der Waals surface area contributed by atoms with E-state index in [9.17, 15) is 4.79 Å². The second-order valence-corrected chi connectivity index (χ2v) is 6.07. The lowest BCUT2D eigenvalue weighted by molar-refractivity contribution is 0.241. The van der Waals surface area contributed by atoms with Crippen molar-refractivity contribution < 1.29 is 14.3 Å². The van der Waals surface area contributed by atoms with Gasteiger partial charge in [0.15, 0.2) is 0 Å². The molecule has 6 nitrogen and oxygen atoms in total. The molecule has 0 aliphatic heterocycles. The zero-order valence-corrected chi connectivity index (χ0v) is 14.2. The van der Waals surface area contributed by atoms with E-state index < -0.39 is 0 Å². The Bertz CT molecular complexity index is 631. The zero-order chi connectivity index (χ0) is 15.9. The lowest BCUT2D eigenvalue weighted by Gasteiger charge is -2.09. The van der Waals surface area contributed by atoms with E-state index in [1.165, 1.54) is 4.90 Å². The van der Waals surface area contributed by atoms with Crippen molar-refractivity contribution in [3.63, 3.8) is 0 Å². The van der Waals surface area contributed by atoms with Gasteiger partial charge in [-0.05, 0) is 13.0 Å². The molecular formula is C14H17N3O3S2. The number of hydrogen-bond donors (Lipinski definition) is 0. The zero-order valence-electron chi connectivity index (χ0n) is 12.6. The molecule has 1 amide bonds. The minimum absolute atomic E-state index is 0.119. The van der Waals surface area contributed by atoms with E-state index in [4.69, 9.17) is 9.47 Å². The smallest absolute Gasteiger partial charge is 0.294 e. The first-order valence-corrected chi connectivity index (χ1v) is 8.25. The van der Waals surface area contributed by atoms with Gasteiger partial charge in [0.05, 0.1) is 6.61 Å². The van der Waals surface area contributed by atoms with Crippen molar-refractivity contribution in [1.82, 2.24) is 14.3 Å². The fraction of sp³-hybridized carbons (Fsp3) is 0.357. The summed E-state index contributed by atoms with van der Waals surface area (Å²) in [6.07, 6.45) is 0. The summed E-state index contributed by atoms with van der Waals surface area (Å²) in [6.45, 7) is 2.88. The van der Waals surface area contributed by atoms with Crippen molar-refractivity contribution in [3.05, 3.63) is 29.8 Å². The standard InChI is InChI=1S/C14H17N3O3S2/c1-4-19-11-8-6-5-7-10(11)9-20-13-15-12(16-22-13)21-14(18)17(2)3/h5-8H,4,9H2,1-3H3. The molecule has 0 N–H and O–H groups in total. The van der Waals surface area contributed by atoms with E-state index in [0.29, 0.717) is 23.6 Å². The maximum atomic E-state index is 11.6. The van der Waals surface area contributed by atoms with Gasteiger partial charge in [-0.2, -0.15) is 9.36 Å². The van der Waals surface area contributed by atoms with E-state index >= 15 is 0 Å². The fourth-order valence-corrected chi connectivity index (χ4v) is 2.75. The summed E-state index contributed by atoms with van der Waals surface area (Å²) in [5.41, 5.74) is 0.943. The van der Waals surface area contributed by atoms with Crippen molar-refractivity contribution in [2.75, 3.05) is 20.7 Å². The first kappa shape index (κ1) is 16.6. The molecule has 0 saturated carbocycles. The minimum atomic E-state index is -0.119. The van der Waals surface area contributed by atoms with Crippen LogP contribution in [0.5, 0.6) is 10.9 Å². The first-order chi connectivity index (χ1) is 10.6. The monoisotopic (exact) mass is 339 g/mol. The van der Waals surface area contributed by atoms with E-state index in [2.05, 4.69) is 9.36 Å². The van der Waals surface area contributed by atoms with E-state index in [1.54, 1.807) is 14.1 Å². The number of benzene rings is 1. The topological polar surface area (TPSA) is 64.6 Å². The van der Waals surface area contributed by atoms with Crippen LogP contribution in [-0.2, 0) is 6.61 Å². The Labute approximate surface area is 137 Å². The lowest BCUT2D eigenvalue weighted by atomic mass is 10.2. The van der Waals surface area contributed by atoms with Crippen LogP contribution in [0, 0.1) is 0 Å². The summed E-state index contributed by atoms with van der Waals surface area (Å²) in [5.74, 6) is 0.798. The number of rotatable bonds is 6. The Balaban J connectivity index is 1.95. The second-order valence-electron chi connectivity index (χ2n) is 4.43. The van der Waals surface area contributed by atoms with Gasteiger partial charge >= 0.3 is 0 Å². The number of hydrogen-bond acceptors (Lipinski definition) is 7. The van der Waals surface area contributed by atoms with Crippen LogP contribution in [0.25, 0.3) is 0 Å². The number of amides is 1. The predicted octanol–water partition coefficient (Wildman–Crippen LogP) is 3.29. The van der Waals surface area contributed by atoms with Crippen LogP contribution < -0.4 is 9.47 Å². The number of carbonyl (C=O) groups excluding carboxylic acids is 1. The molecule has 0 saturated heterocycles. The van der Waals surface area contributed by atoms with Gasteiger partial charge < -0.3 is 14.4 Å². The summed E-state index contributed by atoms with van der Waals surface area (Å²) in [4.78, 5) is 17.2. The predicted molar refractivity (Wildman–Crippen MR) is 86.8 cm³/mol. The van der Waals surface area contributed by atoms with E-state index in [1.807, 2.05) is 31.2 Å². The molecule has 0 atom stereocenters. The van der Waals surface area contributed by atoms with Gasteiger partial charge in [0, 0.05) is 43.0 Å². The van der Waals surface area contributed by atoms with Crippen molar-refractivity contribution >= 4 is 28.5 Å². The molecule has 2 aromatic rings. The minimum Gasteiger partial charge on any atom is -0.493 e. The molecule has 8 heteroatoms. The highest BCUT2D eigenvalue weighted by atomic mass is 32.2. The average molecular weight is 339 g/mol. The molecule has 0 unspecified atom stereocenters. The highest BCUT2D eigenvalue weighted by Gasteiger charge is 2.13. The second kappa shape index (κ2) is 8.00. The van der Waals surface area contributed by atoms with Crippen LogP contribution in [0.4, 0.5) is 4.79 Å². The SMILES string of the molecule is CCOc1ccccc1COc1nc(SC(=O)N(C)C)ns1. The molecule has 22 heavy (non-hydrogen) atoms. The lowest BCUT2D eigenvalue weighted by Crippen LogP contribution is -2.16. The third-order valence-corrected chi connectivity index (χ3v) is 4.21. The summed E-state index contributed by atoms with van der Waals surface area (Å²) < 4.78 is 15.3. The van der Waals surface area contributed by atoms with Crippen LogP contribution in [-0.4, -0.2) is 40.2 Å². The van der Waals surface area contributed by atoms with Crippen molar-refractivity contribution in [1.29, 1.82) is 0 Å². The summed E-state index contributed by atoms with van der Waals surface area (Å²) >= 11 is 2.10. The number of ether oxygens (including phenoxy) is 2. The van der Waals surface area contributed by atoms with Gasteiger partial charge in [-0.15, -0.1) is 0 Å². The van der Waals surface area contributed by atoms with E-state index in [-0.39, 0.29) is 5.24 Å². The highest BCUT2D eigenvalue weighted by molar-refractivity contribution is 8.13. The molecule has 1 aromatic carbocycles. The van der Waals surface area contributed by atoms with Gasteiger partial charge in [0.2, 0.25) is 5.16 Å². The molecule has 0 aliphatic carbocycles. The highest BCUT2D eigenvalue weighted by Crippen LogP contribution is 2.25. The molecule has 0 aliphatic rings. The largest absolute Gasteiger partial charge is 0.493 e. The molecule has 0 bridgehead atoms. The summed E-state index contributed by atoms with van der Waals surface area (Å²) in [5, 5.41) is 0.711. The summed E-state index contributed by atoms with van der Waals surface area (Å²) in [7, 11) is 3.37. The third-order valence-electron chi connectivity index (χ3n) is 2.56. The van der Waals surface area contributed by atoms with Crippen LogP contribution in [0.1, 0.15) is 12.5 Å². The van der Waals surface area contributed by atoms with Crippen LogP contribution in [0.15, 0.2) is 29.4 Å². The molecular weight excluding hydrogens is 322 g/mol. The first-order valence-electron chi connectivity index (χ1n) is 6.66. The fourth-order valence-electron chi connectivity index (χ4n) is 1.53. The quantitative estimate of drug-likeness (QED) is 0.753. The van der Waals surface area contributed by atoms with Gasteiger partial charge in [0.1, 0.15) is 12.4 Å². The molecule has 1 heterocycles. The Kier molecular flexibility index (Phi) is 6.02. The molecule has 1 aromatic heterocycles. The Morgan fingerprint density at radius 3 is 2.82 bits per heavy atom. The normalized spacial score (nSPS) is 10.3. The van der Waals surface area contributed by atoms with Crippen molar-refractivity contribution in [2.24, 2.45) is 0 Å². The van der Waals surface area contributed by atoms with Crippen LogP contribution in [0.2, 0.25) is 0 Å². The van der Waals surface area contributed by atoms with Crippen molar-refractivity contribution in [3.8, 4) is 10.9 Å². The van der Waals surface area contributed by atoms with Gasteiger partial charge in [0.25, 0.3) is 10.4 Å². The number of aromatic nitrogens is 2.